The van der Waals surface area contributed by atoms with E-state index < -0.39 is 0 Å². The highest BCUT2D eigenvalue weighted by atomic mass is 16.1. The van der Waals surface area contributed by atoms with Crippen LogP contribution in [-0.4, -0.2) is 9.36 Å². The number of nitrogens with two attached hydrogens (primary N) is 1. The topological polar surface area (TPSA) is 52.9 Å². The van der Waals surface area contributed by atoms with Gasteiger partial charge in [0.15, 0.2) is 0 Å². The predicted octanol–water partition coefficient (Wildman–Crippen LogP) is 2.40. The van der Waals surface area contributed by atoms with Crippen molar-refractivity contribution in [1.29, 1.82) is 0 Å². The highest BCUT2D eigenvalue weighted by Gasteiger charge is 2.34. The lowest BCUT2D eigenvalue weighted by atomic mass is 10.0. The highest BCUT2D eigenvalue weighted by Crippen LogP contribution is 2.41. The average Bonchev–Trinajstić information content (AvgIpc) is 3.02. The van der Waals surface area contributed by atoms with Crippen LogP contribution in [0.3, 0.4) is 0 Å². The van der Waals surface area contributed by atoms with E-state index in [2.05, 4.69) is 11.6 Å². The fraction of sp³-hybridized carbons (Fsp3) is 0.786. The normalized spacial score (nSPS) is 22.6. The minimum absolute atomic E-state index is 0.0267. The first-order chi connectivity index (χ1) is 8.61. The molecule has 0 aliphatic heterocycles. The molecule has 0 saturated heterocycles. The van der Waals surface area contributed by atoms with Gasteiger partial charge < -0.3 is 5.73 Å². The molecule has 2 fully saturated rings. The molecule has 1 unspecified atom stereocenters. The zero-order valence-corrected chi connectivity index (χ0v) is 11.4. The van der Waals surface area contributed by atoms with Crippen LogP contribution >= 0.6 is 0 Å². The Kier molecular flexibility index (Phi) is 2.76. The molecule has 0 aromatic carbocycles. The lowest BCUT2D eigenvalue weighted by Crippen LogP contribution is -2.27. The molecule has 1 heterocycles. The van der Waals surface area contributed by atoms with Gasteiger partial charge in [-0.05, 0) is 38.5 Å². The molecule has 1 aromatic rings. The maximum Gasteiger partial charge on any atom is 0.290 e. The molecule has 100 valence electrons. The van der Waals surface area contributed by atoms with Crippen molar-refractivity contribution in [3.8, 4) is 0 Å². The van der Waals surface area contributed by atoms with Crippen LogP contribution in [0.1, 0.15) is 63.1 Å². The quantitative estimate of drug-likeness (QED) is 0.894. The Morgan fingerprint density at radius 3 is 2.39 bits per heavy atom. The molecule has 4 heteroatoms. The molecule has 0 spiro atoms. The van der Waals surface area contributed by atoms with Crippen LogP contribution in [0.15, 0.2) is 4.79 Å². The summed E-state index contributed by atoms with van der Waals surface area (Å²) in [5.41, 5.74) is 7.70. The summed E-state index contributed by atoms with van der Waals surface area (Å²) in [6.07, 6.45) is 7.39. The fourth-order valence-electron chi connectivity index (χ4n) is 3.58. The minimum Gasteiger partial charge on any atom is -0.393 e. The van der Waals surface area contributed by atoms with Crippen LogP contribution in [0.2, 0.25) is 0 Å². The molecule has 1 atom stereocenters. The summed E-state index contributed by atoms with van der Waals surface area (Å²) in [7, 11) is 2.00. The van der Waals surface area contributed by atoms with Crippen LogP contribution in [0.5, 0.6) is 0 Å². The van der Waals surface area contributed by atoms with Crippen LogP contribution in [0, 0.1) is 5.92 Å². The molecule has 1 aromatic heterocycles. The number of hydrogen-bond donors (Lipinski definition) is 1. The van der Waals surface area contributed by atoms with Gasteiger partial charge in [0.1, 0.15) is 5.69 Å². The van der Waals surface area contributed by atoms with Crippen molar-refractivity contribution in [3.05, 3.63) is 16.0 Å². The van der Waals surface area contributed by atoms with Crippen LogP contribution in [-0.2, 0) is 7.05 Å². The zero-order valence-electron chi connectivity index (χ0n) is 11.4. The summed E-state index contributed by atoms with van der Waals surface area (Å²) >= 11 is 0. The van der Waals surface area contributed by atoms with Crippen molar-refractivity contribution in [2.75, 3.05) is 5.73 Å². The Labute approximate surface area is 108 Å². The van der Waals surface area contributed by atoms with Gasteiger partial charge in [-0.15, -0.1) is 0 Å². The molecule has 2 aliphatic carbocycles. The fourth-order valence-corrected chi connectivity index (χ4v) is 3.58. The smallest absolute Gasteiger partial charge is 0.290 e. The van der Waals surface area contributed by atoms with E-state index in [1.165, 1.54) is 38.5 Å². The van der Waals surface area contributed by atoms with E-state index >= 15 is 0 Å². The van der Waals surface area contributed by atoms with E-state index in [0.717, 1.165) is 5.69 Å². The Morgan fingerprint density at radius 1 is 1.22 bits per heavy atom. The maximum absolute atomic E-state index is 12.4. The van der Waals surface area contributed by atoms with E-state index in [-0.39, 0.29) is 5.56 Å². The summed E-state index contributed by atoms with van der Waals surface area (Å²) in [4.78, 5) is 12.4. The third kappa shape index (κ3) is 1.70. The second kappa shape index (κ2) is 4.18. The van der Waals surface area contributed by atoms with Gasteiger partial charge in [0.05, 0.1) is 11.7 Å². The zero-order chi connectivity index (χ0) is 12.9. The lowest BCUT2D eigenvalue weighted by molar-refractivity contribution is 0.364. The number of nitrogens with zero attached hydrogens (tertiary/aromatic N) is 2. The average molecular weight is 249 g/mol. The van der Waals surface area contributed by atoms with Crippen molar-refractivity contribution in [2.24, 2.45) is 13.0 Å². The Balaban J connectivity index is 2.04. The van der Waals surface area contributed by atoms with E-state index in [0.29, 0.717) is 23.6 Å². The summed E-state index contributed by atoms with van der Waals surface area (Å²) in [6, 6.07) is 0.292. The summed E-state index contributed by atoms with van der Waals surface area (Å²) in [6.45, 7) is 2.15. The van der Waals surface area contributed by atoms with Crippen molar-refractivity contribution >= 4 is 5.69 Å². The molecular formula is C14H23N3O. The van der Waals surface area contributed by atoms with Gasteiger partial charge in [0.2, 0.25) is 0 Å². The molecular weight excluding hydrogens is 226 g/mol. The minimum atomic E-state index is 0.0267. The Hall–Kier alpha value is -1.19. The Morgan fingerprint density at radius 2 is 1.83 bits per heavy atom. The van der Waals surface area contributed by atoms with Gasteiger partial charge in [-0.3, -0.25) is 9.48 Å². The van der Waals surface area contributed by atoms with Gasteiger partial charge in [0, 0.05) is 13.0 Å². The van der Waals surface area contributed by atoms with Gasteiger partial charge in [-0.25, -0.2) is 4.68 Å². The van der Waals surface area contributed by atoms with Crippen molar-refractivity contribution in [3.63, 3.8) is 0 Å². The maximum atomic E-state index is 12.4. The van der Waals surface area contributed by atoms with Crippen molar-refractivity contribution in [2.45, 2.75) is 57.4 Å². The Bertz CT molecular complexity index is 504. The summed E-state index contributed by atoms with van der Waals surface area (Å²) in [5.74, 6) is 1.17. The first-order valence-electron chi connectivity index (χ1n) is 7.18. The van der Waals surface area contributed by atoms with E-state index in [1.807, 2.05) is 11.7 Å². The monoisotopic (exact) mass is 249 g/mol. The largest absolute Gasteiger partial charge is 0.393 e. The van der Waals surface area contributed by atoms with E-state index in [9.17, 15) is 4.79 Å². The predicted molar refractivity (Wildman–Crippen MR) is 72.7 cm³/mol. The second-order valence-corrected chi connectivity index (χ2v) is 6.03. The number of rotatable bonds is 3. The standard InChI is InChI=1S/C14H23N3O/c1-9(10-7-8-10)17-14(18)12(15)13(16(17)2)11-5-3-4-6-11/h9-11H,3-8,15H2,1-2H3. The third-order valence-corrected chi connectivity index (χ3v) is 4.82. The summed E-state index contributed by atoms with van der Waals surface area (Å²) in [5, 5.41) is 0. The molecule has 0 radical (unpaired) electrons. The number of hydrogen-bond acceptors (Lipinski definition) is 2. The lowest BCUT2D eigenvalue weighted by Gasteiger charge is -2.18. The molecule has 4 nitrogen and oxygen atoms in total. The first-order valence-corrected chi connectivity index (χ1v) is 7.18. The highest BCUT2D eigenvalue weighted by molar-refractivity contribution is 5.44. The summed E-state index contributed by atoms with van der Waals surface area (Å²) < 4.78 is 3.94. The SMILES string of the molecule is CC(C1CC1)n1c(=O)c(N)c(C2CCCC2)n1C. The molecule has 3 rings (SSSR count). The van der Waals surface area contributed by atoms with Crippen molar-refractivity contribution < 1.29 is 0 Å². The first kappa shape index (κ1) is 11.9. The number of anilines is 1. The van der Waals surface area contributed by atoms with E-state index in [4.69, 9.17) is 5.73 Å². The van der Waals surface area contributed by atoms with Crippen LogP contribution < -0.4 is 11.3 Å². The van der Waals surface area contributed by atoms with E-state index in [1.54, 1.807) is 0 Å². The third-order valence-electron chi connectivity index (χ3n) is 4.82. The van der Waals surface area contributed by atoms with Crippen LogP contribution in [0.25, 0.3) is 0 Å². The van der Waals surface area contributed by atoms with Gasteiger partial charge in [-0.1, -0.05) is 12.8 Å². The molecule has 0 bridgehead atoms. The molecule has 2 saturated carbocycles. The van der Waals surface area contributed by atoms with Gasteiger partial charge in [0.25, 0.3) is 5.56 Å². The molecule has 18 heavy (non-hydrogen) atoms. The number of aromatic nitrogens is 2. The number of nitrogen functional groups attached to an aromatic ring is 1. The van der Waals surface area contributed by atoms with Crippen molar-refractivity contribution in [1.82, 2.24) is 9.36 Å². The molecule has 2 aliphatic rings. The van der Waals surface area contributed by atoms with Gasteiger partial charge >= 0.3 is 0 Å². The van der Waals surface area contributed by atoms with Crippen LogP contribution in [0.4, 0.5) is 5.69 Å². The second-order valence-electron chi connectivity index (χ2n) is 6.03. The van der Waals surface area contributed by atoms with Gasteiger partial charge in [-0.2, -0.15) is 0 Å². The molecule has 2 N–H and O–H groups in total. The molecule has 0 amide bonds.